The third-order valence-corrected chi connectivity index (χ3v) is 4.16. The van der Waals surface area contributed by atoms with E-state index in [4.69, 9.17) is 9.47 Å². The van der Waals surface area contributed by atoms with Crippen molar-refractivity contribution in [3.8, 4) is 0 Å². The first-order valence-electron chi connectivity index (χ1n) is 6.68. The van der Waals surface area contributed by atoms with Gasteiger partial charge in [0.05, 0.1) is 7.11 Å². The predicted octanol–water partition coefficient (Wildman–Crippen LogP) is 1.70. The molecule has 0 bridgehead atoms. The molecule has 5 heteroatoms. The Morgan fingerprint density at radius 1 is 1.35 bits per heavy atom. The van der Waals surface area contributed by atoms with Crippen LogP contribution in [0.4, 0.5) is 0 Å². The fourth-order valence-corrected chi connectivity index (χ4v) is 2.73. The van der Waals surface area contributed by atoms with Crippen LogP contribution in [0.25, 0.3) is 0 Å². The smallest absolute Gasteiger partial charge is 0.204 e. The molecular weight excluding hydrogens is 260 g/mol. The summed E-state index contributed by atoms with van der Waals surface area (Å²) < 4.78 is 10.5. The Bertz CT molecular complexity index is 477. The van der Waals surface area contributed by atoms with Crippen molar-refractivity contribution in [3.05, 3.63) is 11.3 Å². The molecule has 0 saturated heterocycles. The third kappa shape index (κ3) is 2.10. The van der Waals surface area contributed by atoms with Gasteiger partial charge in [-0.25, -0.2) is 0 Å². The van der Waals surface area contributed by atoms with Gasteiger partial charge in [-0.1, -0.05) is 13.8 Å². The Hall–Kier alpha value is -1.49. The van der Waals surface area contributed by atoms with Crippen molar-refractivity contribution in [1.82, 2.24) is 0 Å². The predicted molar refractivity (Wildman–Crippen MR) is 73.1 cm³/mol. The molecule has 0 aromatic heterocycles. The minimum Gasteiger partial charge on any atom is -0.500 e. The first kappa shape index (κ1) is 16.6. The first-order valence-corrected chi connectivity index (χ1v) is 6.68. The SMILES string of the molecule is CC[C@@H](C)C(=O)[C@H]1C(OC)=C(C)C(=O)[C@@]1(OC)C(C)=O. The van der Waals surface area contributed by atoms with Crippen molar-refractivity contribution < 1.29 is 23.9 Å². The van der Waals surface area contributed by atoms with E-state index in [0.29, 0.717) is 6.42 Å². The molecule has 0 N–H and O–H groups in total. The molecule has 1 rings (SSSR count). The minimum absolute atomic E-state index is 0.202. The van der Waals surface area contributed by atoms with Gasteiger partial charge in [-0.3, -0.25) is 14.4 Å². The molecule has 112 valence electrons. The normalized spacial score (nSPS) is 27.7. The molecule has 1 aliphatic carbocycles. The fraction of sp³-hybridized carbons (Fsp3) is 0.667. The average Bonchev–Trinajstić information content (AvgIpc) is 2.66. The molecule has 20 heavy (non-hydrogen) atoms. The van der Waals surface area contributed by atoms with Crippen LogP contribution in [0.15, 0.2) is 11.3 Å². The van der Waals surface area contributed by atoms with Crippen LogP contribution >= 0.6 is 0 Å². The van der Waals surface area contributed by atoms with Crippen molar-refractivity contribution in [1.29, 1.82) is 0 Å². The lowest BCUT2D eigenvalue weighted by Crippen LogP contribution is -2.54. The molecule has 0 aromatic rings. The van der Waals surface area contributed by atoms with Gasteiger partial charge in [0.2, 0.25) is 11.4 Å². The van der Waals surface area contributed by atoms with E-state index in [1.54, 1.807) is 13.8 Å². The summed E-state index contributed by atoms with van der Waals surface area (Å²) >= 11 is 0. The lowest BCUT2D eigenvalue weighted by molar-refractivity contribution is -0.160. The van der Waals surface area contributed by atoms with Crippen LogP contribution in [0, 0.1) is 11.8 Å². The molecule has 0 fully saturated rings. The maximum atomic E-state index is 12.6. The quantitative estimate of drug-likeness (QED) is 0.693. The van der Waals surface area contributed by atoms with Gasteiger partial charge >= 0.3 is 0 Å². The monoisotopic (exact) mass is 282 g/mol. The Morgan fingerprint density at radius 3 is 2.25 bits per heavy atom. The maximum absolute atomic E-state index is 12.6. The highest BCUT2D eigenvalue weighted by Gasteiger charge is 2.61. The van der Waals surface area contributed by atoms with E-state index in [9.17, 15) is 14.4 Å². The average molecular weight is 282 g/mol. The van der Waals surface area contributed by atoms with Gasteiger partial charge in [0, 0.05) is 18.6 Å². The number of carbonyl (C=O) groups excluding carboxylic acids is 3. The molecule has 0 amide bonds. The largest absolute Gasteiger partial charge is 0.500 e. The molecule has 0 heterocycles. The number of hydrogen-bond acceptors (Lipinski definition) is 5. The second-order valence-corrected chi connectivity index (χ2v) is 5.16. The molecule has 3 atom stereocenters. The zero-order chi connectivity index (χ0) is 15.7. The molecule has 1 aliphatic rings. The Labute approximate surface area is 119 Å². The van der Waals surface area contributed by atoms with Gasteiger partial charge in [0.15, 0.2) is 5.78 Å². The zero-order valence-corrected chi connectivity index (χ0v) is 12.9. The summed E-state index contributed by atoms with van der Waals surface area (Å²) in [5.41, 5.74) is -1.48. The number of hydrogen-bond donors (Lipinski definition) is 0. The molecular formula is C15H22O5. The van der Waals surface area contributed by atoms with Crippen molar-refractivity contribution in [2.24, 2.45) is 11.8 Å². The van der Waals surface area contributed by atoms with Crippen molar-refractivity contribution in [3.63, 3.8) is 0 Å². The summed E-state index contributed by atoms with van der Waals surface area (Å²) in [7, 11) is 2.68. The van der Waals surface area contributed by atoms with Gasteiger partial charge in [0.1, 0.15) is 17.5 Å². The van der Waals surface area contributed by atoms with Crippen LogP contribution < -0.4 is 0 Å². The van der Waals surface area contributed by atoms with Gasteiger partial charge in [0.25, 0.3) is 0 Å². The van der Waals surface area contributed by atoms with E-state index in [0.717, 1.165) is 0 Å². The fourth-order valence-electron chi connectivity index (χ4n) is 2.73. The van der Waals surface area contributed by atoms with Crippen molar-refractivity contribution >= 4 is 17.3 Å². The van der Waals surface area contributed by atoms with Crippen LogP contribution in [-0.2, 0) is 23.9 Å². The van der Waals surface area contributed by atoms with Gasteiger partial charge < -0.3 is 9.47 Å². The maximum Gasteiger partial charge on any atom is 0.204 e. The molecule has 5 nitrogen and oxygen atoms in total. The van der Waals surface area contributed by atoms with Crippen LogP contribution in [-0.4, -0.2) is 37.2 Å². The Morgan fingerprint density at radius 2 is 1.90 bits per heavy atom. The number of methoxy groups -OCH3 is 2. The van der Waals surface area contributed by atoms with Gasteiger partial charge in [-0.05, 0) is 20.3 Å². The summed E-state index contributed by atoms with van der Waals surface area (Å²) in [6, 6.07) is 0. The van der Waals surface area contributed by atoms with Gasteiger partial charge in [-0.15, -0.1) is 0 Å². The number of Topliss-reactive ketones (excluding diaryl/α,β-unsaturated/α-hetero) is 3. The molecule has 0 saturated carbocycles. The second kappa shape index (κ2) is 5.87. The van der Waals surface area contributed by atoms with E-state index in [1.807, 2.05) is 6.92 Å². The van der Waals surface area contributed by atoms with E-state index in [1.165, 1.54) is 21.1 Å². The molecule has 0 unspecified atom stereocenters. The Kier molecular flexibility index (Phi) is 4.86. The minimum atomic E-state index is -1.77. The summed E-state index contributed by atoms with van der Waals surface area (Å²) in [5, 5.41) is 0. The lowest BCUT2D eigenvalue weighted by Gasteiger charge is -2.31. The Balaban J connectivity index is 3.49. The van der Waals surface area contributed by atoms with E-state index in [-0.39, 0.29) is 23.0 Å². The van der Waals surface area contributed by atoms with Crippen LogP contribution in [0.1, 0.15) is 34.1 Å². The summed E-state index contributed by atoms with van der Waals surface area (Å²) in [6.07, 6.45) is 0.622. The zero-order valence-electron chi connectivity index (χ0n) is 12.9. The summed E-state index contributed by atoms with van der Waals surface area (Å²) in [5.74, 6) is -2.18. The van der Waals surface area contributed by atoms with E-state index < -0.39 is 23.1 Å². The topological polar surface area (TPSA) is 69.7 Å². The highest BCUT2D eigenvalue weighted by Crippen LogP contribution is 2.43. The summed E-state index contributed by atoms with van der Waals surface area (Å²) in [4.78, 5) is 37.1. The first-order chi connectivity index (χ1) is 9.29. The highest BCUT2D eigenvalue weighted by molar-refractivity contribution is 6.23. The van der Waals surface area contributed by atoms with Gasteiger partial charge in [-0.2, -0.15) is 0 Å². The standard InChI is InChI=1S/C15H22O5/c1-7-8(2)12(17)11-13(19-5)9(3)14(18)15(11,20-6)10(4)16/h8,11H,7H2,1-6H3/t8-,11+,15-/m1/s1. The number of ether oxygens (including phenoxy) is 2. The van der Waals surface area contributed by atoms with E-state index in [2.05, 4.69) is 0 Å². The number of carbonyl (C=O) groups is 3. The highest BCUT2D eigenvalue weighted by atomic mass is 16.5. The van der Waals surface area contributed by atoms with Crippen LogP contribution in [0.3, 0.4) is 0 Å². The summed E-state index contributed by atoms with van der Waals surface area (Å²) in [6.45, 7) is 6.48. The third-order valence-electron chi connectivity index (χ3n) is 4.16. The van der Waals surface area contributed by atoms with Crippen LogP contribution in [0.2, 0.25) is 0 Å². The molecule has 0 aromatic carbocycles. The van der Waals surface area contributed by atoms with Crippen molar-refractivity contribution in [2.45, 2.75) is 39.7 Å². The molecule has 0 aliphatic heterocycles. The second-order valence-electron chi connectivity index (χ2n) is 5.16. The lowest BCUT2D eigenvalue weighted by atomic mass is 9.78. The van der Waals surface area contributed by atoms with Crippen LogP contribution in [0.5, 0.6) is 0 Å². The van der Waals surface area contributed by atoms with E-state index >= 15 is 0 Å². The number of ketones is 3. The molecule has 0 radical (unpaired) electrons. The van der Waals surface area contributed by atoms with Crippen molar-refractivity contribution in [2.75, 3.05) is 14.2 Å². The molecule has 0 spiro atoms. The number of rotatable bonds is 6.